The molecule has 0 spiro atoms. The highest BCUT2D eigenvalue weighted by Gasteiger charge is 2.14. The molecule has 0 aromatic heterocycles. The molecule has 1 atom stereocenters. The van der Waals surface area contributed by atoms with Gasteiger partial charge >= 0.3 is 0 Å². The molecule has 0 amide bonds. The van der Waals surface area contributed by atoms with Crippen molar-refractivity contribution in [2.24, 2.45) is 5.73 Å². The Labute approximate surface area is 111 Å². The van der Waals surface area contributed by atoms with Gasteiger partial charge in [-0.1, -0.05) is 48.1 Å². The van der Waals surface area contributed by atoms with E-state index in [0.717, 1.165) is 12.8 Å². The lowest BCUT2D eigenvalue weighted by Gasteiger charge is -2.18. The molecule has 1 aromatic rings. The van der Waals surface area contributed by atoms with Crippen LogP contribution in [0.5, 0.6) is 5.75 Å². The van der Waals surface area contributed by atoms with Crippen LogP contribution in [0.25, 0.3) is 0 Å². The Bertz CT molecular complexity index is 334. The maximum Gasteiger partial charge on any atom is 0.157 e. The van der Waals surface area contributed by atoms with E-state index in [1.807, 2.05) is 0 Å². The predicted molar refractivity (Wildman–Crippen MR) is 69.9 cm³/mol. The minimum atomic E-state index is -0.0684. The van der Waals surface area contributed by atoms with Crippen molar-refractivity contribution < 1.29 is 4.74 Å². The highest BCUT2D eigenvalue weighted by molar-refractivity contribution is 6.40. The smallest absolute Gasteiger partial charge is 0.157 e. The van der Waals surface area contributed by atoms with E-state index in [1.165, 1.54) is 0 Å². The monoisotopic (exact) mass is 281 g/mol. The van der Waals surface area contributed by atoms with Gasteiger partial charge < -0.3 is 10.5 Å². The van der Waals surface area contributed by atoms with Gasteiger partial charge in [-0.3, -0.25) is 0 Å². The van der Waals surface area contributed by atoms with E-state index in [4.69, 9.17) is 45.3 Å². The van der Waals surface area contributed by atoms with Crippen molar-refractivity contribution in [2.45, 2.75) is 25.9 Å². The minimum Gasteiger partial charge on any atom is -0.486 e. The second kappa shape index (κ2) is 6.55. The van der Waals surface area contributed by atoms with Gasteiger partial charge in [-0.05, 0) is 18.6 Å². The summed E-state index contributed by atoms with van der Waals surface area (Å²) in [5.41, 5.74) is 5.60. The molecule has 2 N–H and O–H groups in total. The Morgan fingerprint density at radius 1 is 1.25 bits per heavy atom. The van der Waals surface area contributed by atoms with Crippen molar-refractivity contribution in [1.29, 1.82) is 0 Å². The zero-order valence-corrected chi connectivity index (χ0v) is 11.2. The van der Waals surface area contributed by atoms with Crippen LogP contribution in [0.15, 0.2) is 12.1 Å². The quantitative estimate of drug-likeness (QED) is 0.880. The van der Waals surface area contributed by atoms with Crippen LogP contribution in [0.4, 0.5) is 0 Å². The van der Waals surface area contributed by atoms with Crippen molar-refractivity contribution >= 4 is 34.8 Å². The summed E-state index contributed by atoms with van der Waals surface area (Å²) in [5.74, 6) is 0.455. The van der Waals surface area contributed by atoms with Crippen LogP contribution in [0.3, 0.4) is 0 Å². The van der Waals surface area contributed by atoms with Gasteiger partial charge in [-0.25, -0.2) is 0 Å². The Balaban J connectivity index is 2.87. The van der Waals surface area contributed by atoms with Gasteiger partial charge in [0.1, 0.15) is 6.10 Å². The number of nitrogens with two attached hydrogens (primary N) is 1. The lowest BCUT2D eigenvalue weighted by molar-refractivity contribution is 0.198. The first-order chi connectivity index (χ1) is 7.58. The molecule has 0 saturated heterocycles. The molecule has 0 bridgehead atoms. The zero-order chi connectivity index (χ0) is 12.1. The first kappa shape index (κ1) is 13.9. The minimum absolute atomic E-state index is 0.0684. The maximum atomic E-state index is 6.00. The molecule has 0 radical (unpaired) electrons. The van der Waals surface area contributed by atoms with E-state index in [1.54, 1.807) is 12.1 Å². The van der Waals surface area contributed by atoms with E-state index in [2.05, 4.69) is 6.92 Å². The summed E-state index contributed by atoms with van der Waals surface area (Å²) in [6, 6.07) is 3.20. The third-order valence-electron chi connectivity index (χ3n) is 2.12. The standard InChI is InChI=1S/C11H14Cl3NO/c1-2-3-8(6-15)16-11-9(13)4-7(12)5-10(11)14/h4-5,8H,2-3,6,15H2,1H3. The number of hydrogen-bond donors (Lipinski definition) is 1. The van der Waals surface area contributed by atoms with Gasteiger partial charge in [0.05, 0.1) is 10.0 Å². The average molecular weight is 283 g/mol. The third-order valence-corrected chi connectivity index (χ3v) is 2.90. The van der Waals surface area contributed by atoms with Crippen molar-refractivity contribution in [3.8, 4) is 5.75 Å². The average Bonchev–Trinajstić information content (AvgIpc) is 2.21. The second-order valence-corrected chi connectivity index (χ2v) is 4.71. The molecule has 0 aliphatic heterocycles. The van der Waals surface area contributed by atoms with Crippen LogP contribution < -0.4 is 10.5 Å². The molecule has 1 unspecified atom stereocenters. The SMILES string of the molecule is CCCC(CN)Oc1c(Cl)cc(Cl)cc1Cl. The Kier molecular flexibility index (Phi) is 5.70. The summed E-state index contributed by atoms with van der Waals surface area (Å²) in [7, 11) is 0. The molecule has 90 valence electrons. The fourth-order valence-electron chi connectivity index (χ4n) is 1.36. The van der Waals surface area contributed by atoms with Gasteiger partial charge in [0.2, 0.25) is 0 Å². The summed E-state index contributed by atoms with van der Waals surface area (Å²) < 4.78 is 5.67. The summed E-state index contributed by atoms with van der Waals surface area (Å²) in [5, 5.41) is 1.31. The van der Waals surface area contributed by atoms with Crippen molar-refractivity contribution in [1.82, 2.24) is 0 Å². The van der Waals surface area contributed by atoms with E-state index in [9.17, 15) is 0 Å². The summed E-state index contributed by atoms with van der Waals surface area (Å²) >= 11 is 17.8. The summed E-state index contributed by atoms with van der Waals surface area (Å²) in [6.07, 6.45) is 1.79. The van der Waals surface area contributed by atoms with Gasteiger partial charge in [0.15, 0.2) is 5.75 Å². The number of rotatable bonds is 5. The molecule has 5 heteroatoms. The molecule has 0 heterocycles. The first-order valence-corrected chi connectivity index (χ1v) is 6.23. The van der Waals surface area contributed by atoms with Crippen molar-refractivity contribution in [3.63, 3.8) is 0 Å². The van der Waals surface area contributed by atoms with Gasteiger partial charge in [-0.15, -0.1) is 0 Å². The molecule has 0 aliphatic carbocycles. The van der Waals surface area contributed by atoms with E-state index < -0.39 is 0 Å². The topological polar surface area (TPSA) is 35.2 Å². The molecular weight excluding hydrogens is 268 g/mol. The highest BCUT2D eigenvalue weighted by Crippen LogP contribution is 2.36. The molecule has 0 saturated carbocycles. The van der Waals surface area contributed by atoms with Gasteiger partial charge in [-0.2, -0.15) is 0 Å². The lowest BCUT2D eigenvalue weighted by atomic mass is 10.2. The molecule has 16 heavy (non-hydrogen) atoms. The lowest BCUT2D eigenvalue weighted by Crippen LogP contribution is -2.26. The van der Waals surface area contributed by atoms with Gasteiger partial charge in [0, 0.05) is 11.6 Å². The highest BCUT2D eigenvalue weighted by atomic mass is 35.5. The predicted octanol–water partition coefficient (Wildman–Crippen LogP) is 4.15. The fourth-order valence-corrected chi connectivity index (χ4v) is 2.26. The third kappa shape index (κ3) is 3.70. The molecular formula is C11H14Cl3NO. The second-order valence-electron chi connectivity index (χ2n) is 3.46. The Morgan fingerprint density at radius 2 is 1.81 bits per heavy atom. The van der Waals surface area contributed by atoms with Crippen LogP contribution >= 0.6 is 34.8 Å². The summed E-state index contributed by atoms with van der Waals surface area (Å²) in [4.78, 5) is 0. The molecule has 0 fully saturated rings. The maximum absolute atomic E-state index is 6.00. The van der Waals surface area contributed by atoms with Crippen LogP contribution in [0.1, 0.15) is 19.8 Å². The number of ether oxygens (including phenoxy) is 1. The largest absolute Gasteiger partial charge is 0.486 e. The summed E-state index contributed by atoms with van der Waals surface area (Å²) in [6.45, 7) is 2.50. The van der Waals surface area contributed by atoms with E-state index in [0.29, 0.717) is 27.4 Å². The van der Waals surface area contributed by atoms with Crippen molar-refractivity contribution in [3.05, 3.63) is 27.2 Å². The molecule has 0 aliphatic rings. The molecule has 1 rings (SSSR count). The first-order valence-electron chi connectivity index (χ1n) is 5.09. The normalized spacial score (nSPS) is 12.6. The van der Waals surface area contributed by atoms with Crippen LogP contribution in [-0.4, -0.2) is 12.6 Å². The molecule has 1 aromatic carbocycles. The number of halogens is 3. The van der Waals surface area contributed by atoms with Gasteiger partial charge in [0.25, 0.3) is 0 Å². The van der Waals surface area contributed by atoms with Crippen molar-refractivity contribution in [2.75, 3.05) is 6.54 Å². The Morgan fingerprint density at radius 3 is 2.25 bits per heavy atom. The zero-order valence-electron chi connectivity index (χ0n) is 8.97. The van der Waals surface area contributed by atoms with E-state index >= 15 is 0 Å². The number of hydrogen-bond acceptors (Lipinski definition) is 2. The Hall–Kier alpha value is -0.150. The van der Waals surface area contributed by atoms with Crippen LogP contribution in [0, 0.1) is 0 Å². The van der Waals surface area contributed by atoms with Crippen LogP contribution in [0.2, 0.25) is 15.1 Å². The molecule has 2 nitrogen and oxygen atoms in total. The van der Waals surface area contributed by atoms with Crippen LogP contribution in [-0.2, 0) is 0 Å². The van der Waals surface area contributed by atoms with E-state index in [-0.39, 0.29) is 6.10 Å². The fraction of sp³-hybridized carbons (Fsp3) is 0.455. The number of benzene rings is 1.